The Morgan fingerprint density at radius 2 is 1.78 bits per heavy atom. The molecule has 98 valence electrons. The van der Waals surface area contributed by atoms with Crippen LogP contribution in [-0.2, 0) is 11.2 Å². The maximum Gasteiger partial charge on any atom is 0.328 e. The first-order chi connectivity index (χ1) is 8.36. The number of carboxylic acids is 1. The van der Waals surface area contributed by atoms with Gasteiger partial charge in [-0.05, 0) is 38.0 Å². The topological polar surface area (TPSA) is 66.4 Å². The predicted molar refractivity (Wildman–Crippen MR) is 69.6 cm³/mol. The second-order valence-corrected chi connectivity index (χ2v) is 4.83. The molecular weight excluding hydrogens is 230 g/mol. The summed E-state index contributed by atoms with van der Waals surface area (Å²) >= 11 is 0. The lowest BCUT2D eigenvalue weighted by molar-refractivity contribution is -0.143. The normalized spacial score (nSPS) is 11.1. The fraction of sp³-hybridized carbons (Fsp3) is 0.429. The predicted octanol–water partition coefficient (Wildman–Crippen LogP) is 2.23. The largest absolute Gasteiger partial charge is 0.480 e. The smallest absolute Gasteiger partial charge is 0.328 e. The second-order valence-electron chi connectivity index (χ2n) is 4.83. The zero-order chi connectivity index (χ0) is 13.8. The van der Waals surface area contributed by atoms with E-state index >= 15 is 0 Å². The number of rotatable bonds is 5. The van der Waals surface area contributed by atoms with Crippen LogP contribution >= 0.6 is 0 Å². The van der Waals surface area contributed by atoms with Gasteiger partial charge in [-0.15, -0.1) is 0 Å². The quantitative estimate of drug-likeness (QED) is 0.841. The van der Waals surface area contributed by atoms with E-state index in [0.717, 1.165) is 12.8 Å². The highest BCUT2D eigenvalue weighted by atomic mass is 16.4. The number of aliphatic carboxylic acids is 1. The van der Waals surface area contributed by atoms with Crippen molar-refractivity contribution in [3.63, 3.8) is 0 Å². The van der Waals surface area contributed by atoms with Crippen molar-refractivity contribution < 1.29 is 14.7 Å². The average Bonchev–Trinajstić information content (AvgIpc) is 2.29. The molecule has 18 heavy (non-hydrogen) atoms. The third-order valence-corrected chi connectivity index (χ3v) is 2.72. The highest BCUT2D eigenvalue weighted by molar-refractivity contribution is 5.97. The van der Waals surface area contributed by atoms with Gasteiger partial charge < -0.3 is 10.4 Å². The van der Waals surface area contributed by atoms with Crippen molar-refractivity contribution in [3.05, 3.63) is 35.4 Å². The van der Waals surface area contributed by atoms with Crippen LogP contribution in [0.15, 0.2) is 24.3 Å². The number of carbonyl (C=O) groups excluding carboxylic acids is 1. The summed E-state index contributed by atoms with van der Waals surface area (Å²) in [4.78, 5) is 22.8. The molecule has 0 fully saturated rings. The number of benzene rings is 1. The van der Waals surface area contributed by atoms with E-state index in [1.165, 1.54) is 19.4 Å². The molecule has 1 aromatic carbocycles. The van der Waals surface area contributed by atoms with Gasteiger partial charge in [0, 0.05) is 5.56 Å². The minimum atomic E-state index is -1.26. The van der Waals surface area contributed by atoms with Crippen LogP contribution in [0.3, 0.4) is 0 Å². The average molecular weight is 249 g/mol. The van der Waals surface area contributed by atoms with Crippen molar-refractivity contribution in [2.45, 2.75) is 39.2 Å². The van der Waals surface area contributed by atoms with Crippen molar-refractivity contribution in [3.8, 4) is 0 Å². The van der Waals surface area contributed by atoms with Gasteiger partial charge in [0.05, 0.1) is 0 Å². The molecule has 0 aliphatic heterocycles. The van der Waals surface area contributed by atoms with Gasteiger partial charge in [0.1, 0.15) is 5.54 Å². The molecular formula is C14H19NO3. The van der Waals surface area contributed by atoms with Crippen LogP contribution in [0.4, 0.5) is 0 Å². The monoisotopic (exact) mass is 249 g/mol. The molecule has 0 saturated carbocycles. The summed E-state index contributed by atoms with van der Waals surface area (Å²) < 4.78 is 0. The van der Waals surface area contributed by atoms with Gasteiger partial charge >= 0.3 is 5.97 Å². The van der Waals surface area contributed by atoms with Gasteiger partial charge in [-0.1, -0.05) is 25.5 Å². The van der Waals surface area contributed by atoms with Gasteiger partial charge in [0.25, 0.3) is 5.91 Å². The van der Waals surface area contributed by atoms with Crippen LogP contribution < -0.4 is 5.32 Å². The fourth-order valence-corrected chi connectivity index (χ4v) is 1.52. The Morgan fingerprint density at radius 1 is 1.22 bits per heavy atom. The lowest BCUT2D eigenvalue weighted by atomic mass is 10.0. The molecule has 0 aromatic heterocycles. The summed E-state index contributed by atoms with van der Waals surface area (Å²) in [5.74, 6) is -1.43. The summed E-state index contributed by atoms with van der Waals surface area (Å²) in [5, 5.41) is 11.4. The van der Waals surface area contributed by atoms with Gasteiger partial charge in [-0.25, -0.2) is 4.79 Å². The highest BCUT2D eigenvalue weighted by Gasteiger charge is 2.29. The van der Waals surface area contributed by atoms with E-state index < -0.39 is 11.5 Å². The van der Waals surface area contributed by atoms with Crippen LogP contribution in [-0.4, -0.2) is 22.5 Å². The van der Waals surface area contributed by atoms with Gasteiger partial charge in [-0.2, -0.15) is 0 Å². The summed E-state index contributed by atoms with van der Waals surface area (Å²) in [5.41, 5.74) is 0.384. The van der Waals surface area contributed by atoms with E-state index in [1.807, 2.05) is 12.1 Å². The minimum Gasteiger partial charge on any atom is -0.480 e. The number of nitrogens with one attached hydrogen (secondary N) is 1. The minimum absolute atomic E-state index is 0.370. The molecule has 1 rings (SSSR count). The van der Waals surface area contributed by atoms with E-state index in [-0.39, 0.29) is 5.91 Å². The fourth-order valence-electron chi connectivity index (χ4n) is 1.52. The van der Waals surface area contributed by atoms with Crippen LogP contribution in [0.25, 0.3) is 0 Å². The van der Waals surface area contributed by atoms with Gasteiger partial charge in [-0.3, -0.25) is 4.79 Å². The molecule has 0 aliphatic rings. The maximum atomic E-state index is 11.9. The lowest BCUT2D eigenvalue weighted by Crippen LogP contribution is -2.49. The number of carboxylic acid groups (broad SMARTS) is 1. The zero-order valence-electron chi connectivity index (χ0n) is 11.0. The molecule has 0 bridgehead atoms. The second kappa shape index (κ2) is 5.67. The Morgan fingerprint density at radius 3 is 2.22 bits per heavy atom. The number of hydrogen-bond donors (Lipinski definition) is 2. The van der Waals surface area contributed by atoms with Gasteiger partial charge in [0.15, 0.2) is 0 Å². The molecule has 0 heterocycles. The van der Waals surface area contributed by atoms with Crippen LogP contribution in [0.2, 0.25) is 0 Å². The van der Waals surface area contributed by atoms with E-state index in [9.17, 15) is 9.59 Å². The maximum absolute atomic E-state index is 11.9. The van der Waals surface area contributed by atoms with E-state index in [2.05, 4.69) is 12.2 Å². The lowest BCUT2D eigenvalue weighted by Gasteiger charge is -2.21. The molecule has 0 atom stereocenters. The molecule has 4 heteroatoms. The summed E-state index contributed by atoms with van der Waals surface area (Å²) in [7, 11) is 0. The van der Waals surface area contributed by atoms with Crippen molar-refractivity contribution in [1.29, 1.82) is 0 Å². The Kier molecular flexibility index (Phi) is 4.48. The van der Waals surface area contributed by atoms with Crippen LogP contribution in [0.1, 0.15) is 43.1 Å². The molecule has 0 saturated heterocycles. The van der Waals surface area contributed by atoms with E-state index in [1.54, 1.807) is 12.1 Å². The third kappa shape index (κ3) is 3.58. The standard InChI is InChI=1S/C14H19NO3/c1-4-5-10-6-8-11(9-7-10)12(16)15-14(2,3)13(17)18/h6-9H,4-5H2,1-3H3,(H,15,16)(H,17,18). The van der Waals surface area contributed by atoms with Crippen molar-refractivity contribution in [1.82, 2.24) is 5.32 Å². The third-order valence-electron chi connectivity index (χ3n) is 2.72. The molecule has 0 radical (unpaired) electrons. The Balaban J connectivity index is 2.76. The van der Waals surface area contributed by atoms with E-state index in [0.29, 0.717) is 5.56 Å². The summed E-state index contributed by atoms with van der Waals surface area (Å²) in [6.07, 6.45) is 2.03. The SMILES string of the molecule is CCCc1ccc(C(=O)NC(C)(C)C(=O)O)cc1. The van der Waals surface area contributed by atoms with Gasteiger partial charge in [0.2, 0.25) is 0 Å². The number of hydrogen-bond acceptors (Lipinski definition) is 2. The number of carbonyl (C=O) groups is 2. The highest BCUT2D eigenvalue weighted by Crippen LogP contribution is 2.09. The Labute approximate surface area is 107 Å². The molecule has 4 nitrogen and oxygen atoms in total. The first kappa shape index (κ1) is 14.2. The van der Waals surface area contributed by atoms with Crippen molar-refractivity contribution in [2.24, 2.45) is 0 Å². The van der Waals surface area contributed by atoms with Crippen LogP contribution in [0, 0.1) is 0 Å². The molecule has 0 unspecified atom stereocenters. The van der Waals surface area contributed by atoms with Crippen LogP contribution in [0.5, 0.6) is 0 Å². The molecule has 2 N–H and O–H groups in total. The molecule has 0 aliphatic carbocycles. The first-order valence-corrected chi connectivity index (χ1v) is 6.01. The van der Waals surface area contributed by atoms with Crippen molar-refractivity contribution in [2.75, 3.05) is 0 Å². The summed E-state index contributed by atoms with van der Waals surface area (Å²) in [6, 6.07) is 7.23. The Bertz CT molecular complexity index is 435. The number of aryl methyl sites for hydroxylation is 1. The zero-order valence-corrected chi connectivity index (χ0v) is 11.0. The summed E-state index contributed by atoms with van der Waals surface area (Å²) in [6.45, 7) is 5.01. The molecule has 1 aromatic rings. The first-order valence-electron chi connectivity index (χ1n) is 6.01. The number of amides is 1. The van der Waals surface area contributed by atoms with Crippen molar-refractivity contribution >= 4 is 11.9 Å². The van der Waals surface area contributed by atoms with E-state index in [4.69, 9.17) is 5.11 Å². The Hall–Kier alpha value is -1.84. The molecule has 1 amide bonds. The molecule has 0 spiro atoms.